The topological polar surface area (TPSA) is 84.9 Å². The molecule has 2 aromatic carbocycles. The van der Waals surface area contributed by atoms with Crippen LogP contribution in [0.2, 0.25) is 0 Å². The van der Waals surface area contributed by atoms with Crippen molar-refractivity contribution in [2.75, 3.05) is 18.4 Å². The smallest absolute Gasteiger partial charge is 0.395 e. The molecule has 31 heavy (non-hydrogen) atoms. The molecule has 4 rings (SSSR count). The van der Waals surface area contributed by atoms with Gasteiger partial charge in [0, 0.05) is 30.8 Å². The predicted molar refractivity (Wildman–Crippen MR) is 109 cm³/mol. The molecule has 2 aromatic rings. The molecule has 0 aliphatic carbocycles. The number of nitrogens with one attached hydrogen (secondary N) is 1. The Morgan fingerprint density at radius 2 is 1.71 bits per heavy atom. The van der Waals surface area contributed by atoms with Gasteiger partial charge in [-0.2, -0.15) is 4.31 Å². The van der Waals surface area contributed by atoms with E-state index in [1.165, 1.54) is 22.5 Å². The summed E-state index contributed by atoms with van der Waals surface area (Å²) < 4.78 is 62.2. The van der Waals surface area contributed by atoms with Crippen molar-refractivity contribution >= 4 is 21.6 Å². The molecule has 0 radical (unpaired) electrons. The van der Waals surface area contributed by atoms with Gasteiger partial charge in [-0.25, -0.2) is 8.42 Å². The van der Waals surface area contributed by atoms with Crippen molar-refractivity contribution in [3.8, 4) is 11.5 Å². The van der Waals surface area contributed by atoms with Gasteiger partial charge in [0.25, 0.3) is 0 Å². The van der Waals surface area contributed by atoms with Crippen LogP contribution in [0.3, 0.4) is 0 Å². The molecule has 10 heteroatoms. The number of piperidine rings is 1. The van der Waals surface area contributed by atoms with Gasteiger partial charge in [0.15, 0.2) is 11.5 Å². The number of alkyl halides is 2. The van der Waals surface area contributed by atoms with E-state index in [4.69, 9.17) is 0 Å². The van der Waals surface area contributed by atoms with Gasteiger partial charge in [-0.3, -0.25) is 4.79 Å². The molecule has 0 aromatic heterocycles. The number of aryl methyl sites for hydroxylation is 2. The maximum atomic E-state index is 13.1. The number of amides is 1. The van der Waals surface area contributed by atoms with Gasteiger partial charge in [0.05, 0.1) is 4.90 Å². The highest BCUT2D eigenvalue weighted by atomic mass is 32.2. The summed E-state index contributed by atoms with van der Waals surface area (Å²) in [5.41, 5.74) is 2.22. The minimum atomic E-state index is -3.72. The number of halogens is 2. The van der Waals surface area contributed by atoms with Crippen LogP contribution in [0.15, 0.2) is 41.3 Å². The molecule has 0 bridgehead atoms. The zero-order valence-electron chi connectivity index (χ0n) is 17.0. The first kappa shape index (κ1) is 21.5. The van der Waals surface area contributed by atoms with Crippen molar-refractivity contribution in [1.82, 2.24) is 4.31 Å². The lowest BCUT2D eigenvalue weighted by Gasteiger charge is -2.30. The Morgan fingerprint density at radius 3 is 2.39 bits per heavy atom. The Balaban J connectivity index is 1.38. The van der Waals surface area contributed by atoms with Crippen LogP contribution >= 0.6 is 0 Å². The fourth-order valence-electron chi connectivity index (χ4n) is 3.65. The quantitative estimate of drug-likeness (QED) is 0.765. The average molecular weight is 452 g/mol. The third-order valence-electron chi connectivity index (χ3n) is 5.61. The fourth-order valence-corrected chi connectivity index (χ4v) is 5.21. The van der Waals surface area contributed by atoms with Crippen LogP contribution in [0.1, 0.15) is 24.0 Å². The summed E-state index contributed by atoms with van der Waals surface area (Å²) in [6, 6.07) is 9.05. The van der Waals surface area contributed by atoms with Crippen LogP contribution < -0.4 is 14.8 Å². The second kappa shape index (κ2) is 7.76. The van der Waals surface area contributed by atoms with E-state index < -0.39 is 22.2 Å². The van der Waals surface area contributed by atoms with E-state index in [-0.39, 0.29) is 35.4 Å². The van der Waals surface area contributed by atoms with Crippen LogP contribution in [0.5, 0.6) is 11.5 Å². The summed E-state index contributed by atoms with van der Waals surface area (Å²) in [5, 5.41) is 2.68. The van der Waals surface area contributed by atoms with E-state index in [9.17, 15) is 22.0 Å². The zero-order valence-corrected chi connectivity index (χ0v) is 17.8. The number of fused-ring (bicyclic) bond motifs is 1. The molecule has 2 aliphatic rings. The van der Waals surface area contributed by atoms with Crippen molar-refractivity contribution in [2.45, 2.75) is 37.9 Å². The van der Waals surface area contributed by atoms with Gasteiger partial charge in [-0.1, -0.05) is 6.07 Å². The van der Waals surface area contributed by atoms with Crippen LogP contribution in [0, 0.1) is 19.8 Å². The summed E-state index contributed by atoms with van der Waals surface area (Å²) in [4.78, 5) is 12.9. The number of hydrogen-bond acceptors (Lipinski definition) is 5. The lowest BCUT2D eigenvalue weighted by atomic mass is 9.97. The highest BCUT2D eigenvalue weighted by molar-refractivity contribution is 7.89. The van der Waals surface area contributed by atoms with E-state index >= 15 is 0 Å². The summed E-state index contributed by atoms with van der Waals surface area (Å²) >= 11 is 0. The third kappa shape index (κ3) is 4.35. The van der Waals surface area contributed by atoms with Crippen LogP contribution in [-0.2, 0) is 14.8 Å². The van der Waals surface area contributed by atoms with Crippen molar-refractivity contribution in [3.05, 3.63) is 47.5 Å². The number of sulfonamides is 1. The lowest BCUT2D eigenvalue weighted by Crippen LogP contribution is -2.41. The number of benzene rings is 2. The predicted octanol–water partition coefficient (Wildman–Crippen LogP) is 3.66. The van der Waals surface area contributed by atoms with Gasteiger partial charge < -0.3 is 14.8 Å². The molecular weight excluding hydrogens is 430 g/mol. The molecule has 0 spiro atoms. The third-order valence-corrected chi connectivity index (χ3v) is 7.50. The van der Waals surface area contributed by atoms with E-state index in [1.807, 2.05) is 13.8 Å². The first-order valence-corrected chi connectivity index (χ1v) is 11.3. The molecule has 2 aliphatic heterocycles. The first-order valence-electron chi connectivity index (χ1n) is 9.83. The Kier molecular flexibility index (Phi) is 5.38. The molecule has 0 saturated carbocycles. The number of ether oxygens (including phenoxy) is 2. The standard InChI is InChI=1S/C21H22F2N2O5S/c1-13-3-5-17(11-14(13)2)31(27,28)25-9-7-15(8-10-25)20(26)24-16-4-6-18-19(12-16)30-21(22,23)29-18/h3-6,11-12,15H,7-10H2,1-2H3,(H,24,26). The summed E-state index contributed by atoms with van der Waals surface area (Å²) in [5.74, 6) is -0.947. The Bertz CT molecular complexity index is 1130. The van der Waals surface area contributed by atoms with Gasteiger partial charge in [0.1, 0.15) is 0 Å². The number of nitrogens with zero attached hydrogens (tertiary/aromatic N) is 1. The van der Waals surface area contributed by atoms with Gasteiger partial charge in [-0.05, 0) is 62.1 Å². The lowest BCUT2D eigenvalue weighted by molar-refractivity contribution is -0.286. The van der Waals surface area contributed by atoms with Crippen molar-refractivity contribution < 1.29 is 31.5 Å². The minimum Gasteiger partial charge on any atom is -0.395 e. The number of carbonyl (C=O) groups is 1. The molecule has 1 N–H and O–H groups in total. The monoisotopic (exact) mass is 452 g/mol. The number of carbonyl (C=O) groups excluding carboxylic acids is 1. The number of anilines is 1. The van der Waals surface area contributed by atoms with Crippen molar-refractivity contribution in [1.29, 1.82) is 0 Å². The molecule has 166 valence electrons. The molecule has 1 amide bonds. The molecule has 1 fully saturated rings. The molecule has 0 unspecified atom stereocenters. The van der Waals surface area contributed by atoms with Crippen molar-refractivity contribution in [3.63, 3.8) is 0 Å². The molecule has 2 heterocycles. The molecule has 7 nitrogen and oxygen atoms in total. The second-order valence-corrected chi connectivity index (χ2v) is 9.68. The minimum absolute atomic E-state index is 0.104. The van der Waals surface area contributed by atoms with Gasteiger partial charge >= 0.3 is 6.29 Å². The SMILES string of the molecule is Cc1ccc(S(=O)(=O)N2CCC(C(=O)Nc3ccc4c(c3)OC(F)(F)O4)CC2)cc1C. The summed E-state index contributed by atoms with van der Waals surface area (Å²) in [7, 11) is -3.63. The Morgan fingerprint density at radius 1 is 1.03 bits per heavy atom. The Labute approximate surface area is 179 Å². The number of hydrogen-bond donors (Lipinski definition) is 1. The highest BCUT2D eigenvalue weighted by Gasteiger charge is 2.43. The maximum Gasteiger partial charge on any atom is 0.586 e. The zero-order chi connectivity index (χ0) is 22.4. The normalized spacial score (nSPS) is 18.7. The van der Waals surface area contributed by atoms with Crippen LogP contribution in [0.4, 0.5) is 14.5 Å². The summed E-state index contributed by atoms with van der Waals surface area (Å²) in [6.45, 7) is 4.23. The first-order chi connectivity index (χ1) is 14.5. The molecular formula is C21H22F2N2O5S. The largest absolute Gasteiger partial charge is 0.586 e. The van der Waals surface area contributed by atoms with E-state index in [1.54, 1.807) is 18.2 Å². The average Bonchev–Trinajstić information content (AvgIpc) is 3.03. The number of rotatable bonds is 4. The van der Waals surface area contributed by atoms with Gasteiger partial charge in [-0.15, -0.1) is 8.78 Å². The second-order valence-electron chi connectivity index (χ2n) is 7.74. The van der Waals surface area contributed by atoms with Crippen LogP contribution in [0.25, 0.3) is 0 Å². The van der Waals surface area contributed by atoms with Crippen LogP contribution in [-0.4, -0.2) is 38.0 Å². The highest BCUT2D eigenvalue weighted by Crippen LogP contribution is 2.42. The summed E-state index contributed by atoms with van der Waals surface area (Å²) in [6.07, 6.45) is -3.00. The molecule has 1 saturated heterocycles. The van der Waals surface area contributed by atoms with E-state index in [0.29, 0.717) is 18.5 Å². The van der Waals surface area contributed by atoms with E-state index in [2.05, 4.69) is 14.8 Å². The molecule has 0 atom stereocenters. The maximum absolute atomic E-state index is 13.1. The van der Waals surface area contributed by atoms with E-state index in [0.717, 1.165) is 11.1 Å². The fraction of sp³-hybridized carbons (Fsp3) is 0.381. The Hall–Kier alpha value is -2.72. The van der Waals surface area contributed by atoms with Gasteiger partial charge in [0.2, 0.25) is 15.9 Å². The van der Waals surface area contributed by atoms with Crippen molar-refractivity contribution in [2.24, 2.45) is 5.92 Å².